The first-order chi connectivity index (χ1) is 8.67. The zero-order chi connectivity index (χ0) is 12.6. The summed E-state index contributed by atoms with van der Waals surface area (Å²) < 4.78 is 0. The average Bonchev–Trinajstić information content (AvgIpc) is 2.40. The van der Waals surface area contributed by atoms with E-state index in [9.17, 15) is 0 Å². The molecule has 0 spiro atoms. The second-order valence-electron chi connectivity index (χ2n) is 6.37. The maximum atomic E-state index is 6.09. The molecule has 2 heterocycles. The first kappa shape index (κ1) is 12.2. The SMILES string of the molecule is CC1(c2ccccc2)CCC2CC(N)CCN2C1. The number of benzene rings is 1. The lowest BCUT2D eigenvalue weighted by molar-refractivity contribution is 0.0570. The maximum Gasteiger partial charge on any atom is 0.0111 e. The second-order valence-corrected chi connectivity index (χ2v) is 6.37. The fraction of sp³-hybridized carbons (Fsp3) is 0.625. The van der Waals surface area contributed by atoms with E-state index < -0.39 is 0 Å². The largest absolute Gasteiger partial charge is 0.328 e. The molecular weight excluding hydrogens is 220 g/mol. The van der Waals surface area contributed by atoms with Crippen molar-refractivity contribution in [2.45, 2.75) is 50.1 Å². The number of hydrogen-bond donors (Lipinski definition) is 1. The molecule has 2 saturated heterocycles. The van der Waals surface area contributed by atoms with Crippen molar-refractivity contribution in [1.82, 2.24) is 4.90 Å². The van der Waals surface area contributed by atoms with Gasteiger partial charge in [-0.15, -0.1) is 0 Å². The van der Waals surface area contributed by atoms with Crippen LogP contribution in [0.15, 0.2) is 30.3 Å². The molecule has 1 aromatic carbocycles. The van der Waals surface area contributed by atoms with Gasteiger partial charge in [0, 0.05) is 24.0 Å². The predicted molar refractivity (Wildman–Crippen MR) is 75.6 cm³/mol. The van der Waals surface area contributed by atoms with E-state index in [0.717, 1.165) is 6.04 Å². The van der Waals surface area contributed by atoms with Crippen LogP contribution in [-0.4, -0.2) is 30.1 Å². The van der Waals surface area contributed by atoms with Gasteiger partial charge < -0.3 is 5.73 Å². The normalized spacial score (nSPS) is 37.2. The van der Waals surface area contributed by atoms with Crippen LogP contribution in [0.4, 0.5) is 0 Å². The topological polar surface area (TPSA) is 29.3 Å². The summed E-state index contributed by atoms with van der Waals surface area (Å²) >= 11 is 0. The molecule has 2 N–H and O–H groups in total. The molecule has 3 rings (SSSR count). The first-order valence-electron chi connectivity index (χ1n) is 7.22. The van der Waals surface area contributed by atoms with E-state index in [2.05, 4.69) is 42.2 Å². The highest BCUT2D eigenvalue weighted by molar-refractivity contribution is 5.26. The molecule has 0 bridgehead atoms. The minimum atomic E-state index is 0.333. The van der Waals surface area contributed by atoms with Crippen molar-refractivity contribution in [3.05, 3.63) is 35.9 Å². The van der Waals surface area contributed by atoms with Gasteiger partial charge in [-0.3, -0.25) is 4.90 Å². The number of piperidine rings is 2. The number of hydrogen-bond acceptors (Lipinski definition) is 2. The zero-order valence-corrected chi connectivity index (χ0v) is 11.3. The molecule has 2 aliphatic rings. The van der Waals surface area contributed by atoms with Gasteiger partial charge in [0.1, 0.15) is 0 Å². The van der Waals surface area contributed by atoms with Gasteiger partial charge in [-0.25, -0.2) is 0 Å². The van der Waals surface area contributed by atoms with Crippen LogP contribution >= 0.6 is 0 Å². The van der Waals surface area contributed by atoms with E-state index in [1.807, 2.05) is 0 Å². The van der Waals surface area contributed by atoms with Gasteiger partial charge >= 0.3 is 0 Å². The van der Waals surface area contributed by atoms with Gasteiger partial charge in [0.25, 0.3) is 0 Å². The molecule has 0 radical (unpaired) electrons. The van der Waals surface area contributed by atoms with Crippen LogP contribution in [0.3, 0.4) is 0 Å². The highest BCUT2D eigenvalue weighted by atomic mass is 15.2. The van der Waals surface area contributed by atoms with Crippen LogP contribution < -0.4 is 5.73 Å². The summed E-state index contributed by atoms with van der Waals surface area (Å²) in [5.74, 6) is 0. The lowest BCUT2D eigenvalue weighted by Crippen LogP contribution is -2.55. The van der Waals surface area contributed by atoms with Crippen LogP contribution in [0.25, 0.3) is 0 Å². The predicted octanol–water partition coefficient (Wildman–Crippen LogP) is 2.53. The Balaban J connectivity index is 1.77. The number of fused-ring (bicyclic) bond motifs is 1. The van der Waals surface area contributed by atoms with Crippen molar-refractivity contribution in [3.63, 3.8) is 0 Å². The molecule has 3 unspecified atom stereocenters. The third-order valence-corrected chi connectivity index (χ3v) is 4.93. The van der Waals surface area contributed by atoms with Gasteiger partial charge in [0.05, 0.1) is 0 Å². The van der Waals surface area contributed by atoms with Crippen LogP contribution in [0.2, 0.25) is 0 Å². The van der Waals surface area contributed by atoms with E-state index in [1.54, 1.807) is 0 Å². The van der Waals surface area contributed by atoms with Crippen molar-refractivity contribution in [2.24, 2.45) is 5.73 Å². The summed E-state index contributed by atoms with van der Waals surface area (Å²) in [4.78, 5) is 2.68. The summed E-state index contributed by atoms with van der Waals surface area (Å²) in [5.41, 5.74) is 7.92. The Hall–Kier alpha value is -0.860. The van der Waals surface area contributed by atoms with Gasteiger partial charge in [-0.2, -0.15) is 0 Å². The lowest BCUT2D eigenvalue weighted by Gasteiger charge is -2.49. The molecule has 2 aliphatic heterocycles. The number of rotatable bonds is 1. The van der Waals surface area contributed by atoms with Crippen LogP contribution in [0.5, 0.6) is 0 Å². The molecule has 2 fully saturated rings. The number of nitrogens with zero attached hydrogens (tertiary/aromatic N) is 1. The van der Waals surface area contributed by atoms with Gasteiger partial charge in [-0.05, 0) is 37.8 Å². The van der Waals surface area contributed by atoms with Gasteiger partial charge in [0.15, 0.2) is 0 Å². The van der Waals surface area contributed by atoms with Crippen LogP contribution in [0, 0.1) is 0 Å². The second kappa shape index (κ2) is 4.67. The minimum Gasteiger partial charge on any atom is -0.328 e. The van der Waals surface area contributed by atoms with Crippen molar-refractivity contribution in [1.29, 1.82) is 0 Å². The van der Waals surface area contributed by atoms with Crippen LogP contribution in [0.1, 0.15) is 38.2 Å². The molecule has 0 amide bonds. The number of nitrogens with two attached hydrogens (primary N) is 1. The molecule has 1 aromatic rings. The standard InChI is InChI=1S/C16H24N2/c1-16(13-5-3-2-4-6-13)9-7-15-11-14(17)8-10-18(15)12-16/h2-6,14-15H,7-12,17H2,1H3. The van der Waals surface area contributed by atoms with E-state index in [0.29, 0.717) is 11.5 Å². The molecule has 18 heavy (non-hydrogen) atoms. The highest BCUT2D eigenvalue weighted by Gasteiger charge is 2.39. The molecule has 0 aromatic heterocycles. The Bertz CT molecular complexity index is 403. The Morgan fingerprint density at radius 3 is 2.78 bits per heavy atom. The Morgan fingerprint density at radius 1 is 1.22 bits per heavy atom. The fourth-order valence-corrected chi connectivity index (χ4v) is 3.73. The monoisotopic (exact) mass is 244 g/mol. The smallest absolute Gasteiger partial charge is 0.0111 e. The van der Waals surface area contributed by atoms with Crippen molar-refractivity contribution < 1.29 is 0 Å². The lowest BCUT2D eigenvalue weighted by atomic mass is 9.72. The molecule has 98 valence electrons. The Labute approximate surface area is 110 Å². The summed E-state index contributed by atoms with van der Waals surface area (Å²) in [7, 11) is 0. The molecular formula is C16H24N2. The van der Waals surface area contributed by atoms with Crippen molar-refractivity contribution >= 4 is 0 Å². The Kier molecular flexibility index (Phi) is 3.16. The van der Waals surface area contributed by atoms with Gasteiger partial charge in [-0.1, -0.05) is 37.3 Å². The van der Waals surface area contributed by atoms with E-state index in [-0.39, 0.29) is 0 Å². The fourth-order valence-electron chi connectivity index (χ4n) is 3.73. The van der Waals surface area contributed by atoms with Crippen molar-refractivity contribution in [2.75, 3.05) is 13.1 Å². The van der Waals surface area contributed by atoms with Gasteiger partial charge in [0.2, 0.25) is 0 Å². The minimum absolute atomic E-state index is 0.333. The zero-order valence-electron chi connectivity index (χ0n) is 11.3. The molecule has 0 aliphatic carbocycles. The third kappa shape index (κ3) is 2.19. The molecule has 0 saturated carbocycles. The van der Waals surface area contributed by atoms with E-state index in [4.69, 9.17) is 5.73 Å². The molecule has 3 atom stereocenters. The summed E-state index contributed by atoms with van der Waals surface area (Å²) in [6.45, 7) is 4.82. The molecule has 2 heteroatoms. The molecule has 2 nitrogen and oxygen atoms in total. The highest BCUT2D eigenvalue weighted by Crippen LogP contribution is 2.38. The third-order valence-electron chi connectivity index (χ3n) is 4.93. The van der Waals surface area contributed by atoms with Crippen molar-refractivity contribution in [3.8, 4) is 0 Å². The average molecular weight is 244 g/mol. The first-order valence-corrected chi connectivity index (χ1v) is 7.22. The van der Waals surface area contributed by atoms with Crippen LogP contribution in [-0.2, 0) is 5.41 Å². The Morgan fingerprint density at radius 2 is 2.00 bits per heavy atom. The summed E-state index contributed by atoms with van der Waals surface area (Å²) in [6.07, 6.45) is 4.97. The summed E-state index contributed by atoms with van der Waals surface area (Å²) in [6, 6.07) is 12.2. The van der Waals surface area contributed by atoms with E-state index in [1.165, 1.54) is 44.3 Å². The quantitative estimate of drug-likeness (QED) is 0.822. The van der Waals surface area contributed by atoms with E-state index >= 15 is 0 Å². The summed E-state index contributed by atoms with van der Waals surface area (Å²) in [5, 5.41) is 0. The maximum absolute atomic E-state index is 6.09.